The van der Waals surface area contributed by atoms with Crippen LogP contribution in [-0.4, -0.2) is 51.9 Å². The Bertz CT molecular complexity index is 1000. The zero-order chi connectivity index (χ0) is 17.6. The van der Waals surface area contributed by atoms with E-state index in [4.69, 9.17) is 11.6 Å². The highest BCUT2D eigenvalue weighted by atomic mass is 35.5. The Balaban J connectivity index is 1.60. The van der Waals surface area contributed by atoms with Crippen molar-refractivity contribution in [3.63, 3.8) is 0 Å². The van der Waals surface area contributed by atoms with Crippen LogP contribution in [0.2, 0.25) is 5.02 Å². The first-order valence-electron chi connectivity index (χ1n) is 7.85. The zero-order valence-corrected chi connectivity index (χ0v) is 15.9. The van der Waals surface area contributed by atoms with E-state index < -0.39 is 10.0 Å². The third-order valence-corrected chi connectivity index (χ3v) is 6.90. The van der Waals surface area contributed by atoms with Crippen molar-refractivity contribution in [2.75, 3.05) is 19.3 Å². The quantitative estimate of drug-likeness (QED) is 0.678. The smallest absolute Gasteiger partial charge is 0.213 e. The number of rotatable bonds is 3. The van der Waals surface area contributed by atoms with Crippen LogP contribution >= 0.6 is 22.9 Å². The topological polar surface area (TPSA) is 80.5 Å². The highest BCUT2D eigenvalue weighted by Crippen LogP contribution is 2.31. The lowest BCUT2D eigenvalue weighted by molar-refractivity contribution is 0.313. The Morgan fingerprint density at radius 1 is 1.16 bits per heavy atom. The third kappa shape index (κ3) is 3.29. The Morgan fingerprint density at radius 3 is 2.48 bits per heavy atom. The van der Waals surface area contributed by atoms with Crippen LogP contribution in [-0.2, 0) is 10.0 Å². The first kappa shape index (κ1) is 16.9. The molecule has 3 aromatic rings. The van der Waals surface area contributed by atoms with E-state index in [0.29, 0.717) is 18.1 Å². The second-order valence-electron chi connectivity index (χ2n) is 6.10. The van der Waals surface area contributed by atoms with Crippen LogP contribution in [0.3, 0.4) is 0 Å². The molecule has 1 aliphatic heterocycles. The van der Waals surface area contributed by atoms with Gasteiger partial charge in [0.25, 0.3) is 0 Å². The number of fused-ring (bicyclic) bond motifs is 1. The molecule has 10 heteroatoms. The van der Waals surface area contributed by atoms with Gasteiger partial charge in [-0.3, -0.25) is 0 Å². The maximum absolute atomic E-state index is 11.6. The second-order valence-corrected chi connectivity index (χ2v) is 9.48. The summed E-state index contributed by atoms with van der Waals surface area (Å²) in [5, 5.41) is 14.7. The van der Waals surface area contributed by atoms with Crippen molar-refractivity contribution < 1.29 is 8.42 Å². The van der Waals surface area contributed by atoms with Crippen molar-refractivity contribution in [2.24, 2.45) is 0 Å². The fourth-order valence-electron chi connectivity index (χ4n) is 3.04. The summed E-state index contributed by atoms with van der Waals surface area (Å²) < 4.78 is 26.6. The highest BCUT2D eigenvalue weighted by Gasteiger charge is 2.29. The number of aromatic nitrogens is 4. The minimum atomic E-state index is -3.13. The average Bonchev–Trinajstić information content (AvgIpc) is 3.15. The van der Waals surface area contributed by atoms with Gasteiger partial charge in [-0.1, -0.05) is 35.1 Å². The minimum absolute atomic E-state index is 0.160. The maximum Gasteiger partial charge on any atom is 0.234 e. The van der Waals surface area contributed by atoms with Gasteiger partial charge in [0.2, 0.25) is 15.0 Å². The molecule has 0 aliphatic carbocycles. The summed E-state index contributed by atoms with van der Waals surface area (Å²) in [5.41, 5.74) is 0.984. The molecule has 0 saturated carbocycles. The van der Waals surface area contributed by atoms with E-state index in [9.17, 15) is 8.42 Å². The van der Waals surface area contributed by atoms with Gasteiger partial charge in [-0.15, -0.1) is 10.2 Å². The molecular weight excluding hydrogens is 382 g/mol. The van der Waals surface area contributed by atoms with Crippen molar-refractivity contribution >= 4 is 37.9 Å². The Kier molecular flexibility index (Phi) is 4.27. The van der Waals surface area contributed by atoms with E-state index >= 15 is 0 Å². The Hall–Kier alpha value is -1.55. The summed E-state index contributed by atoms with van der Waals surface area (Å²) in [4.78, 5) is 0.741. The number of sulfonamides is 1. The van der Waals surface area contributed by atoms with E-state index in [1.54, 1.807) is 4.52 Å². The predicted molar refractivity (Wildman–Crippen MR) is 97.5 cm³/mol. The lowest BCUT2D eigenvalue weighted by Crippen LogP contribution is -2.37. The van der Waals surface area contributed by atoms with Crippen molar-refractivity contribution in [1.82, 2.24) is 24.1 Å². The molecule has 132 valence electrons. The summed E-state index contributed by atoms with van der Waals surface area (Å²) in [6.45, 7) is 1.01. The number of halogens is 1. The average molecular weight is 398 g/mol. The van der Waals surface area contributed by atoms with Gasteiger partial charge in [0.15, 0.2) is 5.82 Å². The van der Waals surface area contributed by atoms with Crippen LogP contribution in [0.25, 0.3) is 15.5 Å². The molecule has 7 nitrogen and oxygen atoms in total. The molecule has 0 amide bonds. The fourth-order valence-corrected chi connectivity index (χ4v) is 4.89. The normalized spacial score (nSPS) is 17.4. The molecule has 2 aromatic heterocycles. The van der Waals surface area contributed by atoms with E-state index in [2.05, 4.69) is 15.3 Å². The number of nitrogens with zero attached hydrogens (tertiary/aromatic N) is 5. The van der Waals surface area contributed by atoms with Gasteiger partial charge in [0, 0.05) is 29.6 Å². The molecule has 0 atom stereocenters. The SMILES string of the molecule is CS(=O)(=O)N1CCC(c2nnc3sc(-c4ccc(Cl)cc4)nn23)CC1. The number of hydrogen-bond donors (Lipinski definition) is 0. The van der Waals surface area contributed by atoms with E-state index in [1.807, 2.05) is 24.3 Å². The van der Waals surface area contributed by atoms with Gasteiger partial charge >= 0.3 is 0 Å². The lowest BCUT2D eigenvalue weighted by Gasteiger charge is -2.28. The van der Waals surface area contributed by atoms with E-state index in [1.165, 1.54) is 21.9 Å². The molecule has 1 saturated heterocycles. The zero-order valence-electron chi connectivity index (χ0n) is 13.5. The summed E-state index contributed by atoms with van der Waals surface area (Å²) in [7, 11) is -3.13. The molecular formula is C15H16ClN5O2S2. The van der Waals surface area contributed by atoms with E-state index in [0.717, 1.165) is 34.2 Å². The van der Waals surface area contributed by atoms with Gasteiger partial charge in [-0.25, -0.2) is 12.7 Å². The molecule has 0 spiro atoms. The van der Waals surface area contributed by atoms with Crippen molar-refractivity contribution in [2.45, 2.75) is 18.8 Å². The predicted octanol–water partition coefficient (Wildman–Crippen LogP) is 2.65. The summed E-state index contributed by atoms with van der Waals surface area (Å²) in [5.74, 6) is 0.966. The standard InChI is InChI=1S/C15H16ClN5O2S2/c1-25(22,23)20-8-6-10(7-9-20)13-17-18-15-21(13)19-14(24-15)11-2-4-12(16)5-3-11/h2-5,10H,6-9H2,1H3. The lowest BCUT2D eigenvalue weighted by atomic mass is 9.97. The van der Waals surface area contributed by atoms with Gasteiger partial charge in [-0.05, 0) is 25.0 Å². The largest absolute Gasteiger partial charge is 0.234 e. The number of hydrogen-bond acceptors (Lipinski definition) is 6. The molecule has 0 bridgehead atoms. The van der Waals surface area contributed by atoms with Gasteiger partial charge in [-0.2, -0.15) is 9.61 Å². The van der Waals surface area contributed by atoms with Gasteiger partial charge < -0.3 is 0 Å². The Morgan fingerprint density at radius 2 is 1.84 bits per heavy atom. The van der Waals surface area contributed by atoms with Crippen molar-refractivity contribution in [3.8, 4) is 10.6 Å². The monoisotopic (exact) mass is 397 g/mol. The summed E-state index contributed by atoms with van der Waals surface area (Å²) >= 11 is 7.41. The minimum Gasteiger partial charge on any atom is -0.213 e. The number of benzene rings is 1. The second kappa shape index (κ2) is 6.31. The molecule has 1 fully saturated rings. The maximum atomic E-state index is 11.6. The van der Waals surface area contributed by atoms with Gasteiger partial charge in [0.1, 0.15) is 5.01 Å². The first-order chi connectivity index (χ1) is 11.9. The molecule has 0 radical (unpaired) electrons. The number of piperidine rings is 1. The van der Waals surface area contributed by atoms with Crippen molar-refractivity contribution in [3.05, 3.63) is 35.1 Å². The van der Waals surface area contributed by atoms with Crippen LogP contribution in [0.5, 0.6) is 0 Å². The summed E-state index contributed by atoms with van der Waals surface area (Å²) in [6.07, 6.45) is 2.70. The van der Waals surface area contributed by atoms with Gasteiger partial charge in [0.05, 0.1) is 6.26 Å². The molecule has 3 heterocycles. The van der Waals surface area contributed by atoms with Crippen molar-refractivity contribution in [1.29, 1.82) is 0 Å². The molecule has 1 aliphatic rings. The molecule has 0 unspecified atom stereocenters. The Labute approximate surface area is 154 Å². The highest BCUT2D eigenvalue weighted by molar-refractivity contribution is 7.88. The van der Waals surface area contributed by atoms with Crippen LogP contribution in [0.1, 0.15) is 24.6 Å². The van der Waals surface area contributed by atoms with Crippen LogP contribution < -0.4 is 0 Å². The van der Waals surface area contributed by atoms with Crippen LogP contribution in [0.15, 0.2) is 24.3 Å². The van der Waals surface area contributed by atoms with Crippen LogP contribution in [0.4, 0.5) is 0 Å². The van der Waals surface area contributed by atoms with E-state index in [-0.39, 0.29) is 5.92 Å². The third-order valence-electron chi connectivity index (χ3n) is 4.39. The molecule has 0 N–H and O–H groups in total. The summed E-state index contributed by atoms with van der Waals surface area (Å²) in [6, 6.07) is 7.53. The fraction of sp³-hybridized carbons (Fsp3) is 0.400. The first-order valence-corrected chi connectivity index (χ1v) is 10.9. The molecule has 25 heavy (non-hydrogen) atoms. The van der Waals surface area contributed by atoms with Crippen LogP contribution in [0, 0.1) is 0 Å². The molecule has 1 aromatic carbocycles. The molecule has 4 rings (SSSR count).